The van der Waals surface area contributed by atoms with E-state index in [1.165, 1.54) is 4.80 Å². The first-order chi connectivity index (χ1) is 6.46. The highest BCUT2D eigenvalue weighted by Gasteiger charge is 2.53. The van der Waals surface area contributed by atoms with Gasteiger partial charge in [-0.2, -0.15) is 4.80 Å². The van der Waals surface area contributed by atoms with Gasteiger partial charge in [-0.25, -0.2) is 0 Å². The van der Waals surface area contributed by atoms with Gasteiger partial charge in [-0.3, -0.25) is 0 Å². The van der Waals surface area contributed by atoms with Crippen molar-refractivity contribution in [2.24, 2.45) is 7.05 Å². The molecule has 0 aromatic carbocycles. The second-order valence-electron chi connectivity index (χ2n) is 4.07. The van der Waals surface area contributed by atoms with Gasteiger partial charge < -0.3 is 9.84 Å². The minimum absolute atomic E-state index is 0.336. The molecule has 0 radical (unpaired) electrons. The van der Waals surface area contributed by atoms with Crippen molar-refractivity contribution in [3.63, 3.8) is 0 Å². The Bertz CT molecular complexity index is 349. The van der Waals surface area contributed by atoms with E-state index < -0.39 is 11.2 Å². The second kappa shape index (κ2) is 2.74. The number of aryl methyl sites for hydroxylation is 1. The van der Waals surface area contributed by atoms with Crippen LogP contribution in [-0.2, 0) is 17.4 Å². The van der Waals surface area contributed by atoms with Crippen molar-refractivity contribution in [2.45, 2.75) is 31.5 Å². The van der Waals surface area contributed by atoms with E-state index in [1.54, 1.807) is 7.05 Å². The lowest BCUT2D eigenvalue weighted by Crippen LogP contribution is -2.44. The van der Waals surface area contributed by atoms with Crippen LogP contribution < -0.4 is 0 Å². The summed E-state index contributed by atoms with van der Waals surface area (Å²) in [6.07, 6.45) is 0.506. The number of nitrogens with zero attached hydrogens (tertiary/aromatic N) is 4. The van der Waals surface area contributed by atoms with Crippen LogP contribution in [0, 0.1) is 0 Å². The number of aromatic nitrogens is 4. The van der Waals surface area contributed by atoms with Gasteiger partial charge in [0.2, 0.25) is 5.82 Å². The fraction of sp³-hybridized carbons (Fsp3) is 0.875. The Balaban J connectivity index is 2.41. The minimum atomic E-state index is -1.12. The molecule has 14 heavy (non-hydrogen) atoms. The maximum absolute atomic E-state index is 10.4. The van der Waals surface area contributed by atoms with Crippen LogP contribution in [0.3, 0.4) is 0 Å². The largest absolute Gasteiger partial charge is 0.379 e. The molecule has 1 fully saturated rings. The molecule has 6 heteroatoms. The average Bonchev–Trinajstić information content (AvgIpc) is 2.60. The highest BCUT2D eigenvalue weighted by molar-refractivity contribution is 5.10. The highest BCUT2D eigenvalue weighted by atomic mass is 16.5. The van der Waals surface area contributed by atoms with Crippen molar-refractivity contribution in [2.75, 3.05) is 6.61 Å². The maximum atomic E-state index is 10.4. The molecule has 78 valence electrons. The third kappa shape index (κ3) is 1.14. The molecule has 1 aliphatic rings. The van der Waals surface area contributed by atoms with Gasteiger partial charge >= 0.3 is 0 Å². The summed E-state index contributed by atoms with van der Waals surface area (Å²) in [6.45, 7) is 4.18. The molecule has 0 saturated carbocycles. The molecule has 2 heterocycles. The Morgan fingerprint density at radius 3 is 2.64 bits per heavy atom. The molecule has 1 atom stereocenters. The van der Waals surface area contributed by atoms with Gasteiger partial charge in [-0.1, -0.05) is 0 Å². The van der Waals surface area contributed by atoms with Crippen LogP contribution in [-0.4, -0.2) is 37.5 Å². The van der Waals surface area contributed by atoms with Crippen LogP contribution in [0.15, 0.2) is 0 Å². The van der Waals surface area contributed by atoms with Crippen LogP contribution in [0.5, 0.6) is 0 Å². The standard InChI is InChI=1S/C8H14N4O2/c1-7(2)8(13,4-5-14-7)6-9-11-12(3)10-6/h13H,4-5H2,1-3H3. The molecule has 0 bridgehead atoms. The molecule has 0 amide bonds. The molecule has 6 nitrogen and oxygen atoms in total. The zero-order valence-corrected chi connectivity index (χ0v) is 8.56. The van der Waals surface area contributed by atoms with Crippen LogP contribution in [0.1, 0.15) is 26.1 Å². The van der Waals surface area contributed by atoms with Gasteiger partial charge in [0.15, 0.2) is 5.60 Å². The summed E-state index contributed by atoms with van der Waals surface area (Å²) in [7, 11) is 1.67. The molecule has 1 aromatic heterocycles. The normalized spacial score (nSPS) is 30.9. The SMILES string of the molecule is Cn1nnc(C2(O)CCOC2(C)C)n1. The molecule has 0 spiro atoms. The third-order valence-electron chi connectivity index (χ3n) is 2.80. The molecular formula is C8H14N4O2. The van der Waals surface area contributed by atoms with Crippen LogP contribution in [0.2, 0.25) is 0 Å². The molecule has 0 aliphatic carbocycles. The summed E-state index contributed by atoms with van der Waals surface area (Å²) in [6, 6.07) is 0. The fourth-order valence-electron chi connectivity index (χ4n) is 1.70. The fourth-order valence-corrected chi connectivity index (χ4v) is 1.70. The number of aliphatic hydroxyl groups is 1. The quantitative estimate of drug-likeness (QED) is 0.664. The summed E-state index contributed by atoms with van der Waals surface area (Å²) in [5.41, 5.74) is -1.78. The highest BCUT2D eigenvalue weighted by Crippen LogP contribution is 2.41. The van der Waals surface area contributed by atoms with Gasteiger partial charge in [0, 0.05) is 6.42 Å². The van der Waals surface area contributed by atoms with E-state index >= 15 is 0 Å². The van der Waals surface area contributed by atoms with E-state index in [1.807, 2.05) is 13.8 Å². The number of tetrazole rings is 1. The maximum Gasteiger partial charge on any atom is 0.209 e. The Morgan fingerprint density at radius 2 is 2.21 bits per heavy atom. The van der Waals surface area contributed by atoms with Crippen molar-refractivity contribution in [3.05, 3.63) is 5.82 Å². The van der Waals surface area contributed by atoms with Crippen LogP contribution >= 0.6 is 0 Å². The van der Waals surface area contributed by atoms with Crippen molar-refractivity contribution < 1.29 is 9.84 Å². The third-order valence-corrected chi connectivity index (χ3v) is 2.80. The van der Waals surface area contributed by atoms with Gasteiger partial charge in [0.1, 0.15) is 0 Å². The van der Waals surface area contributed by atoms with Gasteiger partial charge in [0.25, 0.3) is 0 Å². The van der Waals surface area contributed by atoms with E-state index in [2.05, 4.69) is 15.4 Å². The second-order valence-corrected chi connectivity index (χ2v) is 4.07. The number of hydrogen-bond acceptors (Lipinski definition) is 5. The molecule has 1 aromatic rings. The predicted molar refractivity (Wildman–Crippen MR) is 47.3 cm³/mol. The van der Waals surface area contributed by atoms with Crippen molar-refractivity contribution in [3.8, 4) is 0 Å². The van der Waals surface area contributed by atoms with Gasteiger partial charge in [-0.05, 0) is 19.1 Å². The summed E-state index contributed by atoms with van der Waals surface area (Å²) in [5.74, 6) is 0.336. The molecule has 1 unspecified atom stereocenters. The number of rotatable bonds is 1. The van der Waals surface area contributed by atoms with E-state index in [-0.39, 0.29) is 0 Å². The topological polar surface area (TPSA) is 73.1 Å². The Hall–Kier alpha value is -1.01. The molecule has 1 aliphatic heterocycles. The van der Waals surface area contributed by atoms with Gasteiger partial charge in [0.05, 0.1) is 19.3 Å². The summed E-state index contributed by atoms with van der Waals surface area (Å²) >= 11 is 0. The molecular weight excluding hydrogens is 184 g/mol. The first-order valence-electron chi connectivity index (χ1n) is 4.56. The lowest BCUT2D eigenvalue weighted by molar-refractivity contribution is -0.107. The first-order valence-corrected chi connectivity index (χ1v) is 4.56. The molecule has 1 N–H and O–H groups in total. The summed E-state index contributed by atoms with van der Waals surface area (Å²) < 4.78 is 5.45. The smallest absolute Gasteiger partial charge is 0.209 e. The lowest BCUT2D eigenvalue weighted by atomic mass is 9.85. The predicted octanol–water partition coefficient (Wildman–Crippen LogP) is -0.403. The zero-order chi connectivity index (χ0) is 10.4. The number of ether oxygens (including phenoxy) is 1. The van der Waals surface area contributed by atoms with E-state index in [9.17, 15) is 5.11 Å². The minimum Gasteiger partial charge on any atom is -0.379 e. The van der Waals surface area contributed by atoms with Crippen molar-refractivity contribution in [1.29, 1.82) is 0 Å². The van der Waals surface area contributed by atoms with Crippen molar-refractivity contribution in [1.82, 2.24) is 20.2 Å². The Morgan fingerprint density at radius 1 is 1.50 bits per heavy atom. The lowest BCUT2D eigenvalue weighted by Gasteiger charge is -2.31. The Labute approximate surface area is 81.9 Å². The average molecular weight is 198 g/mol. The van der Waals surface area contributed by atoms with E-state index in [4.69, 9.17) is 4.74 Å². The van der Waals surface area contributed by atoms with Crippen molar-refractivity contribution >= 4 is 0 Å². The molecule has 2 rings (SSSR count). The Kier molecular flexibility index (Phi) is 1.87. The van der Waals surface area contributed by atoms with Gasteiger partial charge in [-0.15, -0.1) is 10.2 Å². The monoisotopic (exact) mass is 198 g/mol. The number of hydrogen-bond donors (Lipinski definition) is 1. The first kappa shape index (κ1) is 9.54. The summed E-state index contributed by atoms with van der Waals surface area (Å²) in [4.78, 5) is 1.34. The molecule has 1 saturated heterocycles. The van der Waals surface area contributed by atoms with Crippen LogP contribution in [0.25, 0.3) is 0 Å². The zero-order valence-electron chi connectivity index (χ0n) is 8.56. The van der Waals surface area contributed by atoms with E-state index in [0.29, 0.717) is 18.9 Å². The van der Waals surface area contributed by atoms with E-state index in [0.717, 1.165) is 0 Å². The van der Waals surface area contributed by atoms with Crippen LogP contribution in [0.4, 0.5) is 0 Å². The summed E-state index contributed by atoms with van der Waals surface area (Å²) in [5, 5.41) is 22.0.